The Morgan fingerprint density at radius 3 is 2.65 bits per heavy atom. The van der Waals surface area contributed by atoms with E-state index in [0.29, 0.717) is 5.92 Å². The molecule has 0 aromatic heterocycles. The lowest BCUT2D eigenvalue weighted by Gasteiger charge is -2.23. The maximum absolute atomic E-state index is 5.91. The van der Waals surface area contributed by atoms with Gasteiger partial charge >= 0.3 is 0 Å². The van der Waals surface area contributed by atoms with Crippen molar-refractivity contribution in [2.45, 2.75) is 64.5 Å². The average Bonchev–Trinajstić information content (AvgIpc) is 3.16. The second-order valence-corrected chi connectivity index (χ2v) is 7.04. The van der Waals surface area contributed by atoms with Crippen molar-refractivity contribution < 1.29 is 4.74 Å². The fourth-order valence-corrected chi connectivity index (χ4v) is 2.41. The van der Waals surface area contributed by atoms with Gasteiger partial charge < -0.3 is 10.1 Å². The quantitative estimate of drug-likeness (QED) is 0.811. The summed E-state index contributed by atoms with van der Waals surface area (Å²) in [5, 5.41) is 3.67. The van der Waals surface area contributed by atoms with E-state index in [1.807, 2.05) is 0 Å². The first kappa shape index (κ1) is 15.5. The summed E-state index contributed by atoms with van der Waals surface area (Å²) in [7, 11) is 0. The van der Waals surface area contributed by atoms with Gasteiger partial charge in [-0.15, -0.1) is 0 Å². The molecule has 1 unspecified atom stereocenters. The highest BCUT2D eigenvalue weighted by Crippen LogP contribution is 2.24. The van der Waals surface area contributed by atoms with E-state index in [2.05, 4.69) is 57.3 Å². The zero-order valence-electron chi connectivity index (χ0n) is 13.4. The van der Waals surface area contributed by atoms with Crippen LogP contribution in [0.1, 0.15) is 57.1 Å². The van der Waals surface area contributed by atoms with E-state index in [0.717, 1.165) is 25.6 Å². The van der Waals surface area contributed by atoms with Crippen molar-refractivity contribution in [2.24, 2.45) is 0 Å². The molecular weight excluding hydrogens is 246 g/mol. The highest BCUT2D eigenvalue weighted by Gasteiger charge is 2.23. The number of ether oxygens (including phenoxy) is 1. The standard InChI is InChI=1S/C18H29NO/c1-14-6-5-7-15(12-14)16(13-19-17-8-9-17)10-11-20-18(2,3)4/h5-7,12,16-17,19H,8-11,13H2,1-4H3. The number of nitrogens with one attached hydrogen (secondary N) is 1. The normalized spacial score (nSPS) is 17.2. The molecule has 1 aliphatic rings. The Labute approximate surface area is 123 Å². The van der Waals surface area contributed by atoms with Crippen LogP contribution in [0.2, 0.25) is 0 Å². The Morgan fingerprint density at radius 1 is 1.30 bits per heavy atom. The minimum Gasteiger partial charge on any atom is -0.376 e. The van der Waals surface area contributed by atoms with Gasteiger partial charge in [0.25, 0.3) is 0 Å². The van der Waals surface area contributed by atoms with Gasteiger partial charge in [0.2, 0.25) is 0 Å². The molecule has 112 valence electrons. The van der Waals surface area contributed by atoms with Crippen molar-refractivity contribution >= 4 is 0 Å². The van der Waals surface area contributed by atoms with Crippen molar-refractivity contribution in [1.29, 1.82) is 0 Å². The van der Waals surface area contributed by atoms with Gasteiger partial charge in [0, 0.05) is 19.2 Å². The van der Waals surface area contributed by atoms with Gasteiger partial charge in [-0.1, -0.05) is 29.8 Å². The molecule has 0 spiro atoms. The second kappa shape index (κ2) is 6.73. The number of hydrogen-bond donors (Lipinski definition) is 1. The summed E-state index contributed by atoms with van der Waals surface area (Å²) in [4.78, 5) is 0. The van der Waals surface area contributed by atoms with E-state index in [-0.39, 0.29) is 5.60 Å². The fourth-order valence-electron chi connectivity index (χ4n) is 2.41. The molecule has 1 aromatic rings. The van der Waals surface area contributed by atoms with Gasteiger partial charge in [-0.05, 0) is 58.4 Å². The molecule has 1 N–H and O–H groups in total. The summed E-state index contributed by atoms with van der Waals surface area (Å²) in [5.41, 5.74) is 2.74. The monoisotopic (exact) mass is 275 g/mol. The molecule has 0 heterocycles. The zero-order chi connectivity index (χ0) is 14.6. The van der Waals surface area contributed by atoms with Gasteiger partial charge in [-0.3, -0.25) is 0 Å². The molecule has 1 saturated carbocycles. The van der Waals surface area contributed by atoms with E-state index < -0.39 is 0 Å². The number of rotatable bonds is 7. The highest BCUT2D eigenvalue weighted by atomic mass is 16.5. The number of benzene rings is 1. The van der Waals surface area contributed by atoms with Crippen LogP contribution >= 0.6 is 0 Å². The molecule has 2 heteroatoms. The predicted octanol–water partition coefficient (Wildman–Crippen LogP) is 4.04. The van der Waals surface area contributed by atoms with Crippen molar-refractivity contribution in [3.8, 4) is 0 Å². The van der Waals surface area contributed by atoms with Gasteiger partial charge in [-0.25, -0.2) is 0 Å². The lowest BCUT2D eigenvalue weighted by molar-refractivity contribution is -0.00624. The first-order valence-electron chi connectivity index (χ1n) is 7.88. The number of aryl methyl sites for hydroxylation is 1. The summed E-state index contributed by atoms with van der Waals surface area (Å²) in [6, 6.07) is 9.67. The van der Waals surface area contributed by atoms with E-state index in [1.54, 1.807) is 0 Å². The zero-order valence-corrected chi connectivity index (χ0v) is 13.4. The molecule has 0 amide bonds. The molecule has 2 nitrogen and oxygen atoms in total. The average molecular weight is 275 g/mol. The molecule has 1 aliphatic carbocycles. The number of hydrogen-bond acceptors (Lipinski definition) is 2. The molecule has 20 heavy (non-hydrogen) atoms. The predicted molar refractivity (Wildman–Crippen MR) is 85.3 cm³/mol. The Kier molecular flexibility index (Phi) is 5.22. The SMILES string of the molecule is Cc1cccc(C(CCOC(C)(C)C)CNC2CC2)c1. The molecule has 0 radical (unpaired) electrons. The summed E-state index contributed by atoms with van der Waals surface area (Å²) in [5.74, 6) is 0.554. The van der Waals surface area contributed by atoms with Gasteiger partial charge in [-0.2, -0.15) is 0 Å². The molecular formula is C18H29NO. The van der Waals surface area contributed by atoms with Crippen molar-refractivity contribution in [3.05, 3.63) is 35.4 Å². The first-order valence-corrected chi connectivity index (χ1v) is 7.88. The third-order valence-corrected chi connectivity index (χ3v) is 3.75. The van der Waals surface area contributed by atoms with Crippen LogP contribution in [-0.4, -0.2) is 24.8 Å². The summed E-state index contributed by atoms with van der Waals surface area (Å²) in [6.07, 6.45) is 3.78. The molecule has 1 fully saturated rings. The van der Waals surface area contributed by atoms with E-state index in [9.17, 15) is 0 Å². The maximum atomic E-state index is 5.91. The first-order chi connectivity index (χ1) is 9.44. The highest BCUT2D eigenvalue weighted by molar-refractivity contribution is 5.25. The smallest absolute Gasteiger partial charge is 0.0598 e. The van der Waals surface area contributed by atoms with Crippen LogP contribution in [0, 0.1) is 6.92 Å². The van der Waals surface area contributed by atoms with Crippen molar-refractivity contribution in [3.63, 3.8) is 0 Å². The molecule has 2 rings (SSSR count). The Hall–Kier alpha value is -0.860. The van der Waals surface area contributed by atoms with Crippen LogP contribution in [0.4, 0.5) is 0 Å². The second-order valence-electron chi connectivity index (χ2n) is 7.04. The Balaban J connectivity index is 1.92. The van der Waals surface area contributed by atoms with Crippen molar-refractivity contribution in [1.82, 2.24) is 5.32 Å². The summed E-state index contributed by atoms with van der Waals surface area (Å²) >= 11 is 0. The molecule has 0 saturated heterocycles. The van der Waals surface area contributed by atoms with Crippen LogP contribution in [0.5, 0.6) is 0 Å². The minimum atomic E-state index is -0.0406. The van der Waals surface area contributed by atoms with E-state index in [4.69, 9.17) is 4.74 Å². The third kappa shape index (κ3) is 5.64. The van der Waals surface area contributed by atoms with Crippen LogP contribution in [-0.2, 0) is 4.74 Å². The lowest BCUT2D eigenvalue weighted by Crippen LogP contribution is -2.26. The molecule has 0 bridgehead atoms. The van der Waals surface area contributed by atoms with Gasteiger partial charge in [0.1, 0.15) is 0 Å². The van der Waals surface area contributed by atoms with Crippen LogP contribution in [0.15, 0.2) is 24.3 Å². The lowest BCUT2D eigenvalue weighted by atomic mass is 9.94. The van der Waals surface area contributed by atoms with E-state index >= 15 is 0 Å². The third-order valence-electron chi connectivity index (χ3n) is 3.75. The largest absolute Gasteiger partial charge is 0.376 e. The molecule has 1 atom stereocenters. The molecule has 0 aliphatic heterocycles. The van der Waals surface area contributed by atoms with Crippen LogP contribution < -0.4 is 5.32 Å². The minimum absolute atomic E-state index is 0.0406. The van der Waals surface area contributed by atoms with Gasteiger partial charge in [0.05, 0.1) is 5.60 Å². The maximum Gasteiger partial charge on any atom is 0.0598 e. The Morgan fingerprint density at radius 2 is 2.05 bits per heavy atom. The Bertz CT molecular complexity index is 418. The summed E-state index contributed by atoms with van der Waals surface area (Å²) in [6.45, 7) is 10.4. The molecule has 1 aromatic carbocycles. The van der Waals surface area contributed by atoms with Crippen LogP contribution in [0.25, 0.3) is 0 Å². The van der Waals surface area contributed by atoms with Crippen molar-refractivity contribution in [2.75, 3.05) is 13.2 Å². The van der Waals surface area contributed by atoms with E-state index in [1.165, 1.54) is 24.0 Å². The fraction of sp³-hybridized carbons (Fsp3) is 0.667. The van der Waals surface area contributed by atoms with Crippen LogP contribution in [0.3, 0.4) is 0 Å². The van der Waals surface area contributed by atoms with Gasteiger partial charge in [0.15, 0.2) is 0 Å². The topological polar surface area (TPSA) is 21.3 Å². The summed E-state index contributed by atoms with van der Waals surface area (Å²) < 4.78 is 5.91.